The Bertz CT molecular complexity index is 1110. The summed E-state index contributed by atoms with van der Waals surface area (Å²) < 4.78 is 5.39. The Hall–Kier alpha value is -3.86. The molecule has 1 amide bonds. The highest BCUT2D eigenvalue weighted by Crippen LogP contribution is 2.30. The molecule has 1 aliphatic rings. The Morgan fingerprint density at radius 2 is 1.66 bits per heavy atom. The third-order valence-electron chi connectivity index (χ3n) is 4.71. The molecule has 0 aliphatic carbocycles. The van der Waals surface area contributed by atoms with Crippen LogP contribution in [-0.2, 0) is 4.79 Å². The minimum absolute atomic E-state index is 0.138. The zero-order chi connectivity index (χ0) is 20.4. The van der Waals surface area contributed by atoms with Crippen molar-refractivity contribution in [1.82, 2.24) is 0 Å². The summed E-state index contributed by atoms with van der Waals surface area (Å²) in [6.07, 6.45) is 1.73. The predicted molar refractivity (Wildman–Crippen MR) is 114 cm³/mol. The van der Waals surface area contributed by atoms with Crippen LogP contribution >= 0.6 is 0 Å². The van der Waals surface area contributed by atoms with Crippen LogP contribution < -0.4 is 9.64 Å². The molecule has 0 unspecified atom stereocenters. The maximum absolute atomic E-state index is 13.3. The van der Waals surface area contributed by atoms with Crippen LogP contribution in [0, 0.1) is 6.92 Å². The standard InChI is InChI=1S/C24H20N2O3/c1-16-7-9-17(10-8-16)23-25-21(15-18-5-3-4-6-22(18)29-2)24(28)26(23)19-11-13-20(27)14-12-19/h3-15,27H,1-2H3/b21-15+. The van der Waals surface area contributed by atoms with Gasteiger partial charge in [-0.1, -0.05) is 48.0 Å². The summed E-state index contributed by atoms with van der Waals surface area (Å²) >= 11 is 0. The van der Waals surface area contributed by atoms with Crippen LogP contribution in [0.3, 0.4) is 0 Å². The summed E-state index contributed by atoms with van der Waals surface area (Å²) in [7, 11) is 1.59. The van der Waals surface area contributed by atoms with Gasteiger partial charge in [0.2, 0.25) is 0 Å². The van der Waals surface area contributed by atoms with E-state index < -0.39 is 0 Å². The first kappa shape index (κ1) is 18.5. The number of phenolic OH excluding ortho intramolecular Hbond substituents is 1. The van der Waals surface area contributed by atoms with Crippen molar-refractivity contribution in [2.45, 2.75) is 6.92 Å². The number of hydrogen-bond acceptors (Lipinski definition) is 4. The first-order valence-electron chi connectivity index (χ1n) is 9.21. The lowest BCUT2D eigenvalue weighted by Gasteiger charge is -2.18. The molecule has 0 atom stereocenters. The summed E-state index contributed by atoms with van der Waals surface area (Å²) in [5.74, 6) is 1.11. The number of nitrogens with zero attached hydrogens (tertiary/aromatic N) is 2. The number of amidine groups is 1. The number of para-hydroxylation sites is 1. The Kier molecular flexibility index (Phi) is 4.87. The maximum Gasteiger partial charge on any atom is 0.282 e. The van der Waals surface area contributed by atoms with Crippen LogP contribution in [0.15, 0.2) is 83.5 Å². The van der Waals surface area contributed by atoms with Gasteiger partial charge in [0, 0.05) is 11.1 Å². The monoisotopic (exact) mass is 384 g/mol. The van der Waals surface area contributed by atoms with Crippen LogP contribution in [0.25, 0.3) is 6.08 Å². The molecule has 0 fully saturated rings. The third kappa shape index (κ3) is 3.62. The van der Waals surface area contributed by atoms with Gasteiger partial charge in [-0.15, -0.1) is 0 Å². The number of phenols is 1. The van der Waals surface area contributed by atoms with E-state index in [4.69, 9.17) is 4.74 Å². The van der Waals surface area contributed by atoms with E-state index in [1.54, 1.807) is 42.4 Å². The lowest BCUT2D eigenvalue weighted by molar-refractivity contribution is -0.113. The lowest BCUT2D eigenvalue weighted by Crippen LogP contribution is -2.32. The first-order valence-corrected chi connectivity index (χ1v) is 9.21. The molecular weight excluding hydrogens is 364 g/mol. The third-order valence-corrected chi connectivity index (χ3v) is 4.71. The Morgan fingerprint density at radius 1 is 0.966 bits per heavy atom. The van der Waals surface area contributed by atoms with Crippen molar-refractivity contribution >= 4 is 23.5 Å². The SMILES string of the molecule is COc1ccccc1/C=C1/N=C(c2ccc(C)cc2)N(c2ccc(O)cc2)C1=O. The number of aromatic hydroxyl groups is 1. The molecule has 1 N–H and O–H groups in total. The zero-order valence-corrected chi connectivity index (χ0v) is 16.2. The van der Waals surface area contributed by atoms with Gasteiger partial charge in [0.1, 0.15) is 23.0 Å². The largest absolute Gasteiger partial charge is 0.508 e. The highest BCUT2D eigenvalue weighted by molar-refractivity contribution is 6.33. The average Bonchev–Trinajstić information content (AvgIpc) is 3.06. The van der Waals surface area contributed by atoms with Gasteiger partial charge in [0.25, 0.3) is 5.91 Å². The summed E-state index contributed by atoms with van der Waals surface area (Å²) in [4.78, 5) is 19.5. The minimum atomic E-state index is -0.239. The molecule has 1 aliphatic heterocycles. The summed E-state index contributed by atoms with van der Waals surface area (Å²) in [5, 5.41) is 9.62. The molecule has 3 aromatic carbocycles. The predicted octanol–water partition coefficient (Wildman–Crippen LogP) is 4.54. The fraction of sp³-hybridized carbons (Fsp3) is 0.0833. The van der Waals surface area contributed by atoms with Gasteiger partial charge in [-0.25, -0.2) is 4.99 Å². The number of carbonyl (C=O) groups excluding carboxylic acids is 1. The molecule has 0 saturated heterocycles. The van der Waals surface area contributed by atoms with Crippen molar-refractivity contribution in [2.75, 3.05) is 12.0 Å². The summed E-state index contributed by atoms with van der Waals surface area (Å²) in [6.45, 7) is 2.01. The molecule has 0 aromatic heterocycles. The Morgan fingerprint density at radius 3 is 2.34 bits per heavy atom. The molecule has 144 valence electrons. The number of anilines is 1. The molecule has 4 rings (SSSR count). The molecule has 0 bridgehead atoms. The van der Waals surface area contributed by atoms with Crippen molar-refractivity contribution in [1.29, 1.82) is 0 Å². The van der Waals surface area contributed by atoms with Crippen molar-refractivity contribution in [2.24, 2.45) is 4.99 Å². The molecule has 29 heavy (non-hydrogen) atoms. The Labute approximate surface area is 169 Å². The van der Waals surface area contributed by atoms with Crippen molar-refractivity contribution in [3.63, 3.8) is 0 Å². The number of benzene rings is 3. The smallest absolute Gasteiger partial charge is 0.282 e. The molecular formula is C24H20N2O3. The molecule has 5 nitrogen and oxygen atoms in total. The summed E-state index contributed by atoms with van der Waals surface area (Å²) in [6, 6.07) is 21.8. The van der Waals surface area contributed by atoms with Gasteiger partial charge >= 0.3 is 0 Å². The molecule has 0 radical (unpaired) electrons. The van der Waals surface area contributed by atoms with E-state index in [1.807, 2.05) is 55.5 Å². The first-order chi connectivity index (χ1) is 14.1. The van der Waals surface area contributed by atoms with Gasteiger partial charge in [0.15, 0.2) is 0 Å². The van der Waals surface area contributed by atoms with Gasteiger partial charge in [-0.2, -0.15) is 0 Å². The highest BCUT2D eigenvalue weighted by Gasteiger charge is 2.32. The molecule has 1 heterocycles. The van der Waals surface area contributed by atoms with E-state index in [0.29, 0.717) is 23.0 Å². The highest BCUT2D eigenvalue weighted by atomic mass is 16.5. The molecule has 0 saturated carbocycles. The average molecular weight is 384 g/mol. The van der Waals surface area contributed by atoms with Gasteiger partial charge < -0.3 is 9.84 Å². The van der Waals surface area contributed by atoms with Crippen LogP contribution in [0.1, 0.15) is 16.7 Å². The van der Waals surface area contributed by atoms with Crippen LogP contribution in [0.5, 0.6) is 11.5 Å². The number of methoxy groups -OCH3 is 1. The second kappa shape index (κ2) is 7.64. The quantitative estimate of drug-likeness (QED) is 0.672. The zero-order valence-electron chi connectivity index (χ0n) is 16.2. The number of amides is 1. The van der Waals surface area contributed by atoms with Gasteiger partial charge in [-0.3, -0.25) is 9.69 Å². The van der Waals surface area contributed by atoms with E-state index in [0.717, 1.165) is 16.7 Å². The van der Waals surface area contributed by atoms with Gasteiger partial charge in [-0.05, 0) is 43.3 Å². The minimum Gasteiger partial charge on any atom is -0.508 e. The fourth-order valence-electron chi connectivity index (χ4n) is 3.19. The number of ether oxygens (including phenoxy) is 1. The van der Waals surface area contributed by atoms with Crippen molar-refractivity contribution in [3.8, 4) is 11.5 Å². The maximum atomic E-state index is 13.3. The lowest BCUT2D eigenvalue weighted by atomic mass is 10.1. The van der Waals surface area contributed by atoms with E-state index in [9.17, 15) is 9.90 Å². The van der Waals surface area contributed by atoms with E-state index in [2.05, 4.69) is 4.99 Å². The van der Waals surface area contributed by atoms with Crippen molar-refractivity contribution < 1.29 is 14.6 Å². The van der Waals surface area contributed by atoms with Crippen LogP contribution in [-0.4, -0.2) is 24.0 Å². The Balaban J connectivity index is 1.83. The topological polar surface area (TPSA) is 62.1 Å². The van der Waals surface area contributed by atoms with Gasteiger partial charge in [0.05, 0.1) is 12.8 Å². The van der Waals surface area contributed by atoms with E-state index >= 15 is 0 Å². The number of aryl methyl sites for hydroxylation is 1. The summed E-state index contributed by atoms with van der Waals surface area (Å²) in [5.41, 5.74) is 3.69. The molecule has 3 aromatic rings. The second-order valence-corrected chi connectivity index (χ2v) is 6.73. The van der Waals surface area contributed by atoms with E-state index in [-0.39, 0.29) is 11.7 Å². The molecule has 5 heteroatoms. The number of rotatable bonds is 4. The molecule has 0 spiro atoms. The number of carbonyl (C=O) groups is 1. The van der Waals surface area contributed by atoms with Crippen molar-refractivity contribution in [3.05, 3.63) is 95.2 Å². The number of hydrogen-bond donors (Lipinski definition) is 1. The normalized spacial score (nSPS) is 15.0. The van der Waals surface area contributed by atoms with E-state index in [1.165, 1.54) is 0 Å². The number of aliphatic imine (C=N–C) groups is 1. The second-order valence-electron chi connectivity index (χ2n) is 6.73. The van der Waals surface area contributed by atoms with Crippen LogP contribution in [0.4, 0.5) is 5.69 Å². The van der Waals surface area contributed by atoms with Crippen LogP contribution in [0.2, 0.25) is 0 Å². The fourth-order valence-corrected chi connectivity index (χ4v) is 3.19.